The van der Waals surface area contributed by atoms with Crippen LogP contribution in [0, 0.1) is 6.92 Å². The zero-order chi connectivity index (χ0) is 14.9. The molecule has 1 aromatic carbocycles. The highest BCUT2D eigenvalue weighted by atomic mass is 16.2. The summed E-state index contributed by atoms with van der Waals surface area (Å²) in [5.74, 6) is 0.0326. The standard InChI is InChI=1S/C14H18N4O2/c1-9-3-5-10(6-4-9)7-8-18-12(16)11(15)13(19)17(2)14(18)20/h3-6H,7-8,15-16H2,1-2H3. The molecule has 1 aromatic heterocycles. The second-order valence-corrected chi connectivity index (χ2v) is 4.83. The highest BCUT2D eigenvalue weighted by Gasteiger charge is 2.12. The lowest BCUT2D eigenvalue weighted by molar-refractivity contribution is 0.610. The summed E-state index contributed by atoms with van der Waals surface area (Å²) >= 11 is 0. The van der Waals surface area contributed by atoms with Gasteiger partial charge in [-0.25, -0.2) is 4.79 Å². The molecule has 1 heterocycles. The maximum Gasteiger partial charge on any atom is 0.332 e. The fourth-order valence-corrected chi connectivity index (χ4v) is 2.02. The molecule has 0 aliphatic carbocycles. The Morgan fingerprint density at radius 2 is 1.70 bits per heavy atom. The number of nitrogens with zero attached hydrogens (tertiary/aromatic N) is 2. The first-order chi connectivity index (χ1) is 9.41. The highest BCUT2D eigenvalue weighted by molar-refractivity contribution is 5.56. The Hall–Kier alpha value is -2.50. The molecule has 4 N–H and O–H groups in total. The first-order valence-electron chi connectivity index (χ1n) is 6.32. The van der Waals surface area contributed by atoms with E-state index < -0.39 is 11.2 Å². The van der Waals surface area contributed by atoms with E-state index in [0.717, 1.165) is 10.1 Å². The number of rotatable bonds is 3. The number of hydrogen-bond acceptors (Lipinski definition) is 4. The zero-order valence-electron chi connectivity index (χ0n) is 11.6. The Balaban J connectivity index is 2.33. The molecule has 0 amide bonds. The van der Waals surface area contributed by atoms with Gasteiger partial charge in [-0.1, -0.05) is 29.8 Å². The van der Waals surface area contributed by atoms with Crippen LogP contribution in [0.5, 0.6) is 0 Å². The van der Waals surface area contributed by atoms with Gasteiger partial charge >= 0.3 is 5.69 Å². The van der Waals surface area contributed by atoms with Crippen LogP contribution in [0.4, 0.5) is 11.5 Å². The van der Waals surface area contributed by atoms with Gasteiger partial charge in [-0.05, 0) is 18.9 Å². The number of nitrogen functional groups attached to an aromatic ring is 2. The Morgan fingerprint density at radius 1 is 1.10 bits per heavy atom. The first kappa shape index (κ1) is 13.9. The van der Waals surface area contributed by atoms with Gasteiger partial charge in [-0.2, -0.15) is 0 Å². The van der Waals surface area contributed by atoms with E-state index in [9.17, 15) is 9.59 Å². The van der Waals surface area contributed by atoms with E-state index in [4.69, 9.17) is 11.5 Å². The van der Waals surface area contributed by atoms with Gasteiger partial charge < -0.3 is 11.5 Å². The quantitative estimate of drug-likeness (QED) is 0.839. The molecule has 0 spiro atoms. The van der Waals surface area contributed by atoms with Gasteiger partial charge in [0.15, 0.2) is 0 Å². The minimum Gasteiger partial charge on any atom is -0.391 e. The van der Waals surface area contributed by atoms with Crippen LogP contribution in [0.25, 0.3) is 0 Å². The summed E-state index contributed by atoms with van der Waals surface area (Å²) in [5, 5.41) is 0. The molecule has 0 fully saturated rings. The van der Waals surface area contributed by atoms with Crippen LogP contribution in [0.3, 0.4) is 0 Å². The van der Waals surface area contributed by atoms with Gasteiger partial charge in [0.25, 0.3) is 5.56 Å². The fraction of sp³-hybridized carbons (Fsp3) is 0.286. The average Bonchev–Trinajstić information content (AvgIpc) is 2.45. The molecule has 0 saturated heterocycles. The molecule has 6 nitrogen and oxygen atoms in total. The van der Waals surface area contributed by atoms with E-state index in [1.54, 1.807) is 0 Å². The van der Waals surface area contributed by atoms with E-state index in [1.807, 2.05) is 31.2 Å². The molecule has 0 aliphatic heterocycles. The lowest BCUT2D eigenvalue weighted by Crippen LogP contribution is -2.41. The third-order valence-corrected chi connectivity index (χ3v) is 3.36. The molecule has 0 bridgehead atoms. The van der Waals surface area contributed by atoms with Crippen LogP contribution in [0.1, 0.15) is 11.1 Å². The van der Waals surface area contributed by atoms with Crippen molar-refractivity contribution in [1.29, 1.82) is 0 Å². The van der Waals surface area contributed by atoms with Crippen LogP contribution < -0.4 is 22.7 Å². The van der Waals surface area contributed by atoms with Gasteiger partial charge in [0.1, 0.15) is 11.5 Å². The summed E-state index contributed by atoms with van der Waals surface area (Å²) in [7, 11) is 1.39. The van der Waals surface area contributed by atoms with Crippen LogP contribution in [0.15, 0.2) is 33.9 Å². The number of benzene rings is 1. The fourth-order valence-electron chi connectivity index (χ4n) is 2.02. The van der Waals surface area contributed by atoms with Crippen LogP contribution in [-0.2, 0) is 20.0 Å². The smallest absolute Gasteiger partial charge is 0.332 e. The Bertz CT molecular complexity index is 741. The molecule has 6 heteroatoms. The molecule has 2 rings (SSSR count). The summed E-state index contributed by atoms with van der Waals surface area (Å²) < 4.78 is 2.30. The third-order valence-electron chi connectivity index (χ3n) is 3.36. The Labute approximate surface area is 116 Å². The molecular formula is C14H18N4O2. The monoisotopic (exact) mass is 274 g/mol. The van der Waals surface area contributed by atoms with Gasteiger partial charge in [0.2, 0.25) is 0 Å². The minimum absolute atomic E-state index is 0.0326. The van der Waals surface area contributed by atoms with Crippen LogP contribution in [0.2, 0.25) is 0 Å². The average molecular weight is 274 g/mol. The van der Waals surface area contributed by atoms with Crippen molar-refractivity contribution >= 4 is 11.5 Å². The van der Waals surface area contributed by atoms with Crippen LogP contribution in [-0.4, -0.2) is 9.13 Å². The normalized spacial score (nSPS) is 10.7. The van der Waals surface area contributed by atoms with Crippen molar-refractivity contribution in [3.63, 3.8) is 0 Å². The van der Waals surface area contributed by atoms with Crippen molar-refractivity contribution in [3.8, 4) is 0 Å². The predicted molar refractivity (Wildman–Crippen MR) is 79.7 cm³/mol. The minimum atomic E-state index is -0.556. The van der Waals surface area contributed by atoms with Crippen molar-refractivity contribution in [2.75, 3.05) is 11.5 Å². The molecule has 0 aliphatic rings. The maximum absolute atomic E-state index is 12.0. The second kappa shape index (κ2) is 5.24. The van der Waals surface area contributed by atoms with E-state index in [-0.39, 0.29) is 11.5 Å². The number of aryl methyl sites for hydroxylation is 2. The predicted octanol–water partition coefficient (Wildman–Crippen LogP) is 0.263. The third kappa shape index (κ3) is 2.45. The first-order valence-corrected chi connectivity index (χ1v) is 6.32. The molecule has 0 unspecified atom stereocenters. The summed E-state index contributed by atoms with van der Waals surface area (Å²) in [5.41, 5.74) is 12.6. The lowest BCUT2D eigenvalue weighted by Gasteiger charge is -2.13. The summed E-state index contributed by atoms with van der Waals surface area (Å²) in [4.78, 5) is 23.6. The van der Waals surface area contributed by atoms with Crippen molar-refractivity contribution in [3.05, 3.63) is 56.2 Å². The van der Waals surface area contributed by atoms with E-state index in [0.29, 0.717) is 13.0 Å². The molecule has 2 aromatic rings. The number of aromatic nitrogens is 2. The van der Waals surface area contributed by atoms with Gasteiger partial charge in [-0.3, -0.25) is 13.9 Å². The van der Waals surface area contributed by atoms with Crippen molar-refractivity contribution in [2.45, 2.75) is 19.9 Å². The highest BCUT2D eigenvalue weighted by Crippen LogP contribution is 2.09. The van der Waals surface area contributed by atoms with Crippen molar-refractivity contribution in [2.24, 2.45) is 7.05 Å². The SMILES string of the molecule is Cc1ccc(CCn2c(N)c(N)c(=O)n(C)c2=O)cc1. The van der Waals surface area contributed by atoms with Crippen LogP contribution >= 0.6 is 0 Å². The van der Waals surface area contributed by atoms with E-state index >= 15 is 0 Å². The molecule has 0 saturated carbocycles. The van der Waals surface area contributed by atoms with Gasteiger partial charge in [0, 0.05) is 13.6 Å². The molecular weight excluding hydrogens is 256 g/mol. The maximum atomic E-state index is 12.0. The second-order valence-electron chi connectivity index (χ2n) is 4.83. The molecule has 0 atom stereocenters. The lowest BCUT2D eigenvalue weighted by atomic mass is 10.1. The summed E-state index contributed by atoms with van der Waals surface area (Å²) in [6.45, 7) is 2.39. The topological polar surface area (TPSA) is 96.0 Å². The largest absolute Gasteiger partial charge is 0.391 e. The number of nitrogens with two attached hydrogens (primary N) is 2. The number of hydrogen-bond donors (Lipinski definition) is 2. The molecule has 20 heavy (non-hydrogen) atoms. The number of anilines is 2. The van der Waals surface area contributed by atoms with Gasteiger partial charge in [-0.15, -0.1) is 0 Å². The zero-order valence-corrected chi connectivity index (χ0v) is 11.6. The summed E-state index contributed by atoms with van der Waals surface area (Å²) in [6, 6.07) is 8.02. The van der Waals surface area contributed by atoms with Crippen molar-refractivity contribution in [1.82, 2.24) is 9.13 Å². The van der Waals surface area contributed by atoms with Gasteiger partial charge in [0.05, 0.1) is 0 Å². The van der Waals surface area contributed by atoms with E-state index in [1.165, 1.54) is 17.2 Å². The summed E-state index contributed by atoms with van der Waals surface area (Å²) in [6.07, 6.45) is 0.641. The van der Waals surface area contributed by atoms with Crippen molar-refractivity contribution < 1.29 is 0 Å². The molecule has 106 valence electrons. The van der Waals surface area contributed by atoms with E-state index in [2.05, 4.69) is 0 Å². The Kier molecular flexibility index (Phi) is 3.65. The Morgan fingerprint density at radius 3 is 2.30 bits per heavy atom. The molecule has 0 radical (unpaired) electrons.